The molecule has 7 heteroatoms. The molecule has 36 heavy (non-hydrogen) atoms. The number of amides is 1. The second-order valence-electron chi connectivity index (χ2n) is 8.77. The molecule has 4 aromatic carbocycles. The number of hydrogen-bond donors (Lipinski definition) is 1. The highest BCUT2D eigenvalue weighted by molar-refractivity contribution is 6.35. The summed E-state index contributed by atoms with van der Waals surface area (Å²) >= 11 is 12.2. The first-order valence-corrected chi connectivity index (χ1v) is 12.3. The van der Waals surface area contributed by atoms with Crippen LogP contribution in [0.15, 0.2) is 91.0 Å². The van der Waals surface area contributed by atoms with Crippen molar-refractivity contribution < 1.29 is 9.53 Å². The molecule has 0 aromatic heterocycles. The minimum absolute atomic E-state index is 0.0512. The Morgan fingerprint density at radius 2 is 1.64 bits per heavy atom. The Kier molecular flexibility index (Phi) is 6.77. The van der Waals surface area contributed by atoms with Crippen LogP contribution in [-0.2, 0) is 6.61 Å². The molecule has 0 saturated carbocycles. The largest absolute Gasteiger partial charge is 0.489 e. The lowest BCUT2D eigenvalue weighted by atomic mass is 10.0. The maximum atomic E-state index is 13.6. The van der Waals surface area contributed by atoms with Gasteiger partial charge in [0.05, 0.1) is 5.56 Å². The van der Waals surface area contributed by atoms with Crippen molar-refractivity contribution in [3.63, 3.8) is 0 Å². The third-order valence-corrected chi connectivity index (χ3v) is 6.76. The van der Waals surface area contributed by atoms with Gasteiger partial charge in [0.15, 0.2) is 0 Å². The van der Waals surface area contributed by atoms with E-state index in [0.29, 0.717) is 28.0 Å². The zero-order chi connectivity index (χ0) is 25.2. The van der Waals surface area contributed by atoms with Crippen LogP contribution in [0.3, 0.4) is 0 Å². The van der Waals surface area contributed by atoms with Gasteiger partial charge in [-0.1, -0.05) is 53.5 Å². The van der Waals surface area contributed by atoms with E-state index in [1.807, 2.05) is 97.9 Å². The van der Waals surface area contributed by atoms with Gasteiger partial charge >= 0.3 is 0 Å². The van der Waals surface area contributed by atoms with Crippen LogP contribution in [0.2, 0.25) is 10.0 Å². The molecule has 4 aromatic rings. The van der Waals surface area contributed by atoms with Gasteiger partial charge in [0.1, 0.15) is 18.5 Å². The normalized spacial score (nSPS) is 14.7. The van der Waals surface area contributed by atoms with Gasteiger partial charge in [-0.15, -0.1) is 0 Å². The first-order chi connectivity index (χ1) is 17.4. The summed E-state index contributed by atoms with van der Waals surface area (Å²) in [6.45, 7) is 0.327. The Morgan fingerprint density at radius 1 is 0.917 bits per heavy atom. The topological polar surface area (TPSA) is 44.8 Å². The van der Waals surface area contributed by atoms with Crippen molar-refractivity contribution in [1.29, 1.82) is 0 Å². The van der Waals surface area contributed by atoms with Gasteiger partial charge in [0.25, 0.3) is 5.91 Å². The SMILES string of the molecule is CN(C)c1ccc(N2C(=O)c3ccccc3N[C@@H]2c2ccc(OCc3ccc(Cl)cc3Cl)cc2)cc1. The minimum atomic E-state index is -0.377. The van der Waals surface area contributed by atoms with Crippen LogP contribution in [0.25, 0.3) is 0 Å². The van der Waals surface area contributed by atoms with Crippen LogP contribution in [-0.4, -0.2) is 20.0 Å². The van der Waals surface area contributed by atoms with E-state index < -0.39 is 0 Å². The monoisotopic (exact) mass is 517 g/mol. The van der Waals surface area contributed by atoms with E-state index in [1.54, 1.807) is 17.0 Å². The summed E-state index contributed by atoms with van der Waals surface area (Å²) < 4.78 is 5.95. The fraction of sp³-hybridized carbons (Fsp3) is 0.138. The number of nitrogens with zero attached hydrogens (tertiary/aromatic N) is 2. The lowest BCUT2D eigenvalue weighted by Gasteiger charge is -2.38. The van der Waals surface area contributed by atoms with Crippen molar-refractivity contribution in [3.05, 3.63) is 118 Å². The van der Waals surface area contributed by atoms with Crippen LogP contribution in [0.4, 0.5) is 17.1 Å². The standard InChI is InChI=1S/C29H25Cl2N3O2/c1-33(2)22-11-13-23(14-12-22)34-28(32-27-6-4-3-5-25(27)29(34)35)19-8-15-24(16-9-19)36-18-20-7-10-21(30)17-26(20)31/h3-17,28,32H,18H2,1-2H3/t28-/m0/s1. The number of carbonyl (C=O) groups excluding carboxylic acids is 1. The average Bonchev–Trinajstić information content (AvgIpc) is 2.88. The highest BCUT2D eigenvalue weighted by Gasteiger charge is 2.34. The molecular weight excluding hydrogens is 493 g/mol. The molecule has 0 fully saturated rings. The number of hydrogen-bond acceptors (Lipinski definition) is 4. The molecule has 1 aliphatic heterocycles. The molecule has 5 nitrogen and oxygen atoms in total. The number of rotatable bonds is 6. The van der Waals surface area contributed by atoms with Crippen molar-refractivity contribution in [2.75, 3.05) is 29.2 Å². The molecule has 1 atom stereocenters. The van der Waals surface area contributed by atoms with Crippen LogP contribution < -0.4 is 19.9 Å². The number of halogens is 2. The first-order valence-electron chi connectivity index (χ1n) is 11.5. The second kappa shape index (κ2) is 10.1. The van der Waals surface area contributed by atoms with Gasteiger partial charge in [-0.05, 0) is 66.2 Å². The highest BCUT2D eigenvalue weighted by atomic mass is 35.5. The second-order valence-corrected chi connectivity index (χ2v) is 9.62. The molecular formula is C29H25Cl2N3O2. The van der Waals surface area contributed by atoms with Crippen LogP contribution in [0.5, 0.6) is 5.75 Å². The maximum absolute atomic E-state index is 13.6. The number of ether oxygens (including phenoxy) is 1. The van der Waals surface area contributed by atoms with Gasteiger partial charge in [-0.2, -0.15) is 0 Å². The smallest absolute Gasteiger partial charge is 0.262 e. The Balaban J connectivity index is 1.42. The maximum Gasteiger partial charge on any atom is 0.262 e. The molecule has 1 N–H and O–H groups in total. The van der Waals surface area contributed by atoms with Crippen LogP contribution >= 0.6 is 23.2 Å². The molecule has 0 bridgehead atoms. The van der Waals surface area contributed by atoms with Gasteiger partial charge in [-0.3, -0.25) is 9.69 Å². The summed E-state index contributed by atoms with van der Waals surface area (Å²) in [6, 6.07) is 28.7. The third-order valence-electron chi connectivity index (χ3n) is 6.18. The summed E-state index contributed by atoms with van der Waals surface area (Å²) in [5.41, 5.74) is 5.13. The van der Waals surface area contributed by atoms with E-state index in [9.17, 15) is 4.79 Å². The van der Waals surface area contributed by atoms with Gasteiger partial charge in [-0.25, -0.2) is 0 Å². The summed E-state index contributed by atoms with van der Waals surface area (Å²) in [5.74, 6) is 0.652. The highest BCUT2D eigenvalue weighted by Crippen LogP contribution is 2.37. The molecule has 1 amide bonds. The molecule has 0 aliphatic carbocycles. The molecule has 0 spiro atoms. The van der Waals surface area contributed by atoms with E-state index in [-0.39, 0.29) is 12.1 Å². The number of para-hydroxylation sites is 1. The van der Waals surface area contributed by atoms with Gasteiger partial charge in [0.2, 0.25) is 0 Å². The summed E-state index contributed by atoms with van der Waals surface area (Å²) in [5, 5.41) is 4.70. The Morgan fingerprint density at radius 3 is 2.33 bits per heavy atom. The Bertz CT molecular complexity index is 1390. The minimum Gasteiger partial charge on any atom is -0.489 e. The molecule has 0 unspecified atom stereocenters. The molecule has 0 saturated heterocycles. The van der Waals surface area contributed by atoms with Crippen LogP contribution in [0.1, 0.15) is 27.7 Å². The number of fused-ring (bicyclic) bond motifs is 1. The van der Waals surface area contributed by atoms with Gasteiger partial charge in [0, 0.05) is 46.8 Å². The van der Waals surface area contributed by atoms with Crippen LogP contribution in [0, 0.1) is 0 Å². The lowest BCUT2D eigenvalue weighted by molar-refractivity contribution is 0.0975. The predicted octanol–water partition coefficient (Wildman–Crippen LogP) is 7.41. The molecule has 182 valence electrons. The average molecular weight is 518 g/mol. The quantitative estimate of drug-likeness (QED) is 0.289. The van der Waals surface area contributed by atoms with E-state index in [4.69, 9.17) is 27.9 Å². The number of benzene rings is 4. The predicted molar refractivity (Wildman–Crippen MR) is 148 cm³/mol. The number of carbonyl (C=O) groups is 1. The molecule has 1 aliphatic rings. The van der Waals surface area contributed by atoms with Crippen molar-refractivity contribution in [2.45, 2.75) is 12.8 Å². The zero-order valence-electron chi connectivity index (χ0n) is 19.9. The fourth-order valence-corrected chi connectivity index (χ4v) is 4.67. The van der Waals surface area contributed by atoms with E-state index in [0.717, 1.165) is 28.2 Å². The summed E-state index contributed by atoms with van der Waals surface area (Å²) in [7, 11) is 3.98. The lowest BCUT2D eigenvalue weighted by Crippen LogP contribution is -2.43. The van der Waals surface area contributed by atoms with Crippen molar-refractivity contribution in [3.8, 4) is 5.75 Å². The number of anilines is 3. The van der Waals surface area contributed by atoms with Gasteiger partial charge < -0.3 is 15.0 Å². The summed E-state index contributed by atoms with van der Waals surface area (Å²) in [4.78, 5) is 17.5. The third kappa shape index (κ3) is 4.85. The molecule has 0 radical (unpaired) electrons. The zero-order valence-corrected chi connectivity index (χ0v) is 21.4. The summed E-state index contributed by atoms with van der Waals surface area (Å²) in [6.07, 6.45) is -0.377. The Hall–Kier alpha value is -3.67. The fourth-order valence-electron chi connectivity index (χ4n) is 4.21. The molecule has 1 heterocycles. The number of nitrogens with one attached hydrogen (secondary N) is 1. The van der Waals surface area contributed by atoms with E-state index in [2.05, 4.69) is 5.32 Å². The van der Waals surface area contributed by atoms with Crippen molar-refractivity contribution in [1.82, 2.24) is 0 Å². The van der Waals surface area contributed by atoms with E-state index >= 15 is 0 Å². The van der Waals surface area contributed by atoms with Crippen molar-refractivity contribution >= 4 is 46.2 Å². The van der Waals surface area contributed by atoms with Crippen molar-refractivity contribution in [2.24, 2.45) is 0 Å². The van der Waals surface area contributed by atoms with E-state index in [1.165, 1.54) is 0 Å². The first kappa shape index (κ1) is 24.0. The Labute approximate surface area is 220 Å². The molecule has 5 rings (SSSR count).